The van der Waals surface area contributed by atoms with Crippen LogP contribution in [0.4, 0.5) is 11.4 Å². The van der Waals surface area contributed by atoms with Gasteiger partial charge in [0.15, 0.2) is 0 Å². The number of rotatable bonds is 5. The Labute approximate surface area is 112 Å². The summed E-state index contributed by atoms with van der Waals surface area (Å²) in [4.78, 5) is 13.8. The maximum Gasteiger partial charge on any atom is 0.247 e. The van der Waals surface area contributed by atoms with Crippen molar-refractivity contribution in [2.24, 2.45) is 0 Å². The second-order valence-corrected chi connectivity index (χ2v) is 4.40. The third-order valence-corrected chi connectivity index (χ3v) is 3.10. The van der Waals surface area contributed by atoms with Crippen molar-refractivity contribution in [3.05, 3.63) is 24.3 Å². The van der Waals surface area contributed by atoms with Crippen molar-refractivity contribution in [3.63, 3.8) is 0 Å². The van der Waals surface area contributed by atoms with Gasteiger partial charge in [-0.1, -0.05) is 12.1 Å². The minimum atomic E-state index is -0.381. The molecule has 6 heteroatoms. The summed E-state index contributed by atoms with van der Waals surface area (Å²) in [5, 5.41) is 24.3. The third-order valence-electron chi connectivity index (χ3n) is 3.10. The molecule has 4 N–H and O–H groups in total. The molecule has 0 saturated carbocycles. The van der Waals surface area contributed by atoms with Crippen LogP contribution in [0.3, 0.4) is 0 Å². The predicted octanol–water partition coefficient (Wildman–Crippen LogP) is -0.294. The molecule has 1 aliphatic rings. The van der Waals surface area contributed by atoms with Gasteiger partial charge in [-0.15, -0.1) is 0 Å². The van der Waals surface area contributed by atoms with Crippen LogP contribution >= 0.6 is 0 Å². The number of hydrogen-bond acceptors (Lipinski definition) is 5. The van der Waals surface area contributed by atoms with Crippen LogP contribution in [0.5, 0.6) is 0 Å². The first kappa shape index (κ1) is 13.6. The molecular weight excluding hydrogens is 246 g/mol. The second kappa shape index (κ2) is 6.40. The molecule has 0 fully saturated rings. The van der Waals surface area contributed by atoms with Crippen molar-refractivity contribution in [1.82, 2.24) is 4.90 Å². The van der Waals surface area contributed by atoms with Gasteiger partial charge in [-0.05, 0) is 12.1 Å². The standard InChI is InChI=1S/C13H19N3O3/c17-7-5-16(6-8-18)13(19)12-9-14-10-3-1-2-4-11(10)15-12/h1-4,12,14-15,17-18H,5-9H2. The van der Waals surface area contributed by atoms with Gasteiger partial charge < -0.3 is 25.7 Å². The van der Waals surface area contributed by atoms with Crippen LogP contribution in [0.1, 0.15) is 0 Å². The molecule has 1 heterocycles. The normalized spacial score (nSPS) is 17.1. The van der Waals surface area contributed by atoms with Gasteiger partial charge in [-0.2, -0.15) is 0 Å². The number of nitrogens with one attached hydrogen (secondary N) is 2. The van der Waals surface area contributed by atoms with E-state index in [0.717, 1.165) is 11.4 Å². The second-order valence-electron chi connectivity index (χ2n) is 4.40. The highest BCUT2D eigenvalue weighted by Gasteiger charge is 2.27. The Bertz CT molecular complexity index is 433. The van der Waals surface area contributed by atoms with Crippen molar-refractivity contribution in [2.45, 2.75) is 6.04 Å². The molecule has 1 amide bonds. The fourth-order valence-corrected chi connectivity index (χ4v) is 2.16. The van der Waals surface area contributed by atoms with Gasteiger partial charge in [0.05, 0.1) is 24.6 Å². The molecule has 104 valence electrons. The van der Waals surface area contributed by atoms with Gasteiger partial charge in [0.1, 0.15) is 6.04 Å². The lowest BCUT2D eigenvalue weighted by molar-refractivity contribution is -0.132. The van der Waals surface area contributed by atoms with Gasteiger partial charge in [0.25, 0.3) is 0 Å². The molecule has 0 radical (unpaired) electrons. The summed E-state index contributed by atoms with van der Waals surface area (Å²) in [5.74, 6) is -0.120. The Hall–Kier alpha value is -1.79. The number of amides is 1. The van der Waals surface area contributed by atoms with E-state index in [2.05, 4.69) is 10.6 Å². The summed E-state index contributed by atoms with van der Waals surface area (Å²) in [6.45, 7) is 0.743. The lowest BCUT2D eigenvalue weighted by atomic mass is 10.1. The van der Waals surface area contributed by atoms with E-state index >= 15 is 0 Å². The maximum atomic E-state index is 12.3. The van der Waals surface area contributed by atoms with Crippen LogP contribution in [-0.2, 0) is 4.79 Å². The zero-order valence-corrected chi connectivity index (χ0v) is 10.7. The van der Waals surface area contributed by atoms with Gasteiger partial charge >= 0.3 is 0 Å². The lowest BCUT2D eigenvalue weighted by Crippen LogP contribution is -2.49. The Morgan fingerprint density at radius 3 is 2.47 bits per heavy atom. The zero-order valence-electron chi connectivity index (χ0n) is 10.7. The van der Waals surface area contributed by atoms with E-state index in [4.69, 9.17) is 10.2 Å². The van der Waals surface area contributed by atoms with Crippen LogP contribution in [0.2, 0.25) is 0 Å². The van der Waals surface area contributed by atoms with Gasteiger partial charge in [0, 0.05) is 19.6 Å². The number of aliphatic hydroxyl groups is 2. The molecule has 0 spiro atoms. The fraction of sp³-hybridized carbons (Fsp3) is 0.462. The van der Waals surface area contributed by atoms with Gasteiger partial charge in [-0.3, -0.25) is 4.79 Å². The van der Waals surface area contributed by atoms with Crippen molar-refractivity contribution in [3.8, 4) is 0 Å². The van der Waals surface area contributed by atoms with Gasteiger partial charge in [0.2, 0.25) is 5.91 Å². The Morgan fingerprint density at radius 2 is 1.84 bits per heavy atom. The highest BCUT2D eigenvalue weighted by atomic mass is 16.3. The smallest absolute Gasteiger partial charge is 0.247 e. The topological polar surface area (TPSA) is 84.8 Å². The first-order valence-electron chi connectivity index (χ1n) is 6.36. The first-order valence-corrected chi connectivity index (χ1v) is 6.36. The molecule has 6 nitrogen and oxygen atoms in total. The van der Waals surface area contributed by atoms with E-state index in [1.807, 2.05) is 24.3 Å². The molecule has 1 aromatic rings. The minimum absolute atomic E-state index is 0.109. The van der Waals surface area contributed by atoms with Crippen LogP contribution in [0.25, 0.3) is 0 Å². The fourth-order valence-electron chi connectivity index (χ4n) is 2.16. The molecule has 0 aromatic heterocycles. The highest BCUT2D eigenvalue weighted by Crippen LogP contribution is 2.25. The number of nitrogens with zero attached hydrogens (tertiary/aromatic N) is 1. The summed E-state index contributed by atoms with van der Waals surface area (Å²) in [7, 11) is 0. The summed E-state index contributed by atoms with van der Waals surface area (Å²) in [5.41, 5.74) is 1.86. The van der Waals surface area contributed by atoms with Crippen LogP contribution in [-0.4, -0.2) is 59.9 Å². The summed E-state index contributed by atoms with van der Waals surface area (Å²) in [6.07, 6.45) is 0. The molecule has 0 saturated heterocycles. The number of carbonyl (C=O) groups is 1. The average molecular weight is 265 g/mol. The molecule has 0 aliphatic carbocycles. The number of para-hydroxylation sites is 2. The minimum Gasteiger partial charge on any atom is -0.395 e. The summed E-state index contributed by atoms with van der Waals surface area (Å²) >= 11 is 0. The quantitative estimate of drug-likeness (QED) is 0.588. The zero-order chi connectivity index (χ0) is 13.7. The monoisotopic (exact) mass is 265 g/mol. The largest absolute Gasteiger partial charge is 0.395 e. The summed E-state index contributed by atoms with van der Waals surface area (Å²) < 4.78 is 0. The van der Waals surface area contributed by atoms with Crippen molar-refractivity contribution in [2.75, 3.05) is 43.5 Å². The van der Waals surface area contributed by atoms with E-state index in [0.29, 0.717) is 6.54 Å². The number of benzene rings is 1. The maximum absolute atomic E-state index is 12.3. The summed E-state index contributed by atoms with van der Waals surface area (Å²) in [6, 6.07) is 7.30. The number of fused-ring (bicyclic) bond motifs is 1. The predicted molar refractivity (Wildman–Crippen MR) is 73.1 cm³/mol. The van der Waals surface area contributed by atoms with E-state index in [1.165, 1.54) is 4.90 Å². The SMILES string of the molecule is O=C(C1CNc2ccccc2N1)N(CCO)CCO. The van der Waals surface area contributed by atoms with Crippen LogP contribution in [0, 0.1) is 0 Å². The molecule has 0 bridgehead atoms. The molecule has 1 aliphatic heterocycles. The van der Waals surface area contributed by atoms with Crippen LogP contribution in [0.15, 0.2) is 24.3 Å². The van der Waals surface area contributed by atoms with Gasteiger partial charge in [-0.25, -0.2) is 0 Å². The molecule has 2 rings (SSSR count). The molecule has 19 heavy (non-hydrogen) atoms. The number of hydrogen-bond donors (Lipinski definition) is 4. The Morgan fingerprint density at radius 1 is 1.21 bits per heavy atom. The Balaban J connectivity index is 2.04. The molecule has 1 aromatic carbocycles. The highest BCUT2D eigenvalue weighted by molar-refractivity contribution is 5.88. The molecule has 1 atom stereocenters. The van der Waals surface area contributed by atoms with E-state index in [1.54, 1.807) is 0 Å². The lowest BCUT2D eigenvalue weighted by Gasteiger charge is -2.31. The van der Waals surface area contributed by atoms with E-state index < -0.39 is 0 Å². The van der Waals surface area contributed by atoms with Crippen molar-refractivity contribution >= 4 is 17.3 Å². The van der Waals surface area contributed by atoms with Crippen molar-refractivity contribution < 1.29 is 15.0 Å². The average Bonchev–Trinajstić information content (AvgIpc) is 2.46. The van der Waals surface area contributed by atoms with Crippen molar-refractivity contribution in [1.29, 1.82) is 0 Å². The Kier molecular flexibility index (Phi) is 4.59. The van der Waals surface area contributed by atoms with E-state index in [9.17, 15) is 4.79 Å². The van der Waals surface area contributed by atoms with Crippen LogP contribution < -0.4 is 10.6 Å². The third kappa shape index (κ3) is 3.15. The van der Waals surface area contributed by atoms with E-state index in [-0.39, 0.29) is 38.3 Å². The molecule has 1 unspecified atom stereocenters. The number of aliphatic hydroxyl groups excluding tert-OH is 2. The first-order chi connectivity index (χ1) is 9.26. The number of anilines is 2. The molecular formula is C13H19N3O3. The number of carbonyl (C=O) groups excluding carboxylic acids is 1.